The highest BCUT2D eigenvalue weighted by molar-refractivity contribution is 6.02. The molecule has 0 fully saturated rings. The van der Waals surface area contributed by atoms with Crippen LogP contribution in [0.3, 0.4) is 0 Å². The summed E-state index contributed by atoms with van der Waals surface area (Å²) in [7, 11) is 0. The zero-order valence-electron chi connectivity index (χ0n) is 10.2. The number of rotatable bonds is 5. The lowest BCUT2D eigenvalue weighted by Crippen LogP contribution is -2.34. The predicted molar refractivity (Wildman–Crippen MR) is 64.0 cm³/mol. The van der Waals surface area contributed by atoms with E-state index in [1.165, 1.54) is 25.3 Å². The molecular weight excluding hydrogens is 216 g/mol. The van der Waals surface area contributed by atoms with Crippen LogP contribution in [0, 0.1) is 17.2 Å². The van der Waals surface area contributed by atoms with Crippen LogP contribution in [0.1, 0.15) is 39.0 Å². The Kier molecular flexibility index (Phi) is 5.41. The van der Waals surface area contributed by atoms with E-state index in [2.05, 4.69) is 11.4 Å². The molecule has 0 aromatic carbocycles. The number of carbonyl (C=O) groups is 2. The molecule has 0 aliphatic heterocycles. The standard InChI is InChI=1S/C13H18N2O2/c1-10(16)12(9-14)13(17)15-8-7-11-5-3-2-4-6-11/h5,12H,2-4,6-8H2,1H3,(H,15,17). The zero-order valence-corrected chi connectivity index (χ0v) is 10.2. The fraction of sp³-hybridized carbons (Fsp3) is 0.615. The Bertz CT molecular complexity index is 366. The summed E-state index contributed by atoms with van der Waals surface area (Å²) in [6, 6.07) is 1.71. The van der Waals surface area contributed by atoms with Gasteiger partial charge in [0.1, 0.15) is 0 Å². The van der Waals surface area contributed by atoms with Crippen LogP contribution < -0.4 is 5.32 Å². The third kappa shape index (κ3) is 4.39. The highest BCUT2D eigenvalue weighted by Crippen LogP contribution is 2.19. The quantitative estimate of drug-likeness (QED) is 0.581. The Balaban J connectivity index is 2.31. The lowest BCUT2D eigenvalue weighted by Gasteiger charge is -2.13. The summed E-state index contributed by atoms with van der Waals surface area (Å²) < 4.78 is 0. The number of nitrogens with zero attached hydrogens (tertiary/aromatic N) is 1. The second-order valence-electron chi connectivity index (χ2n) is 4.32. The van der Waals surface area contributed by atoms with Crippen molar-refractivity contribution < 1.29 is 9.59 Å². The molecule has 1 amide bonds. The zero-order chi connectivity index (χ0) is 12.7. The summed E-state index contributed by atoms with van der Waals surface area (Å²) in [5.41, 5.74) is 1.37. The van der Waals surface area contributed by atoms with Crippen molar-refractivity contribution >= 4 is 11.7 Å². The molecule has 4 nitrogen and oxygen atoms in total. The van der Waals surface area contributed by atoms with Gasteiger partial charge in [-0.3, -0.25) is 9.59 Å². The van der Waals surface area contributed by atoms with Crippen molar-refractivity contribution in [1.29, 1.82) is 5.26 Å². The highest BCUT2D eigenvalue weighted by atomic mass is 16.2. The normalized spacial score (nSPS) is 16.6. The van der Waals surface area contributed by atoms with Crippen molar-refractivity contribution in [3.8, 4) is 6.07 Å². The molecule has 0 saturated carbocycles. The number of carbonyl (C=O) groups excluding carboxylic acids is 2. The fourth-order valence-electron chi connectivity index (χ4n) is 1.91. The molecule has 1 aliphatic rings. The second kappa shape index (κ2) is 6.85. The van der Waals surface area contributed by atoms with Gasteiger partial charge >= 0.3 is 0 Å². The van der Waals surface area contributed by atoms with E-state index in [9.17, 15) is 9.59 Å². The summed E-state index contributed by atoms with van der Waals surface area (Å²) in [6.45, 7) is 1.77. The van der Waals surface area contributed by atoms with Crippen molar-refractivity contribution in [2.45, 2.75) is 39.0 Å². The second-order valence-corrected chi connectivity index (χ2v) is 4.32. The molecular formula is C13H18N2O2. The predicted octanol–water partition coefficient (Wildman–Crippen LogP) is 1.72. The maximum atomic E-state index is 11.5. The number of ketones is 1. The largest absolute Gasteiger partial charge is 0.354 e. The number of hydrogen-bond donors (Lipinski definition) is 1. The van der Waals surface area contributed by atoms with Gasteiger partial charge in [0.2, 0.25) is 5.91 Å². The van der Waals surface area contributed by atoms with Gasteiger partial charge in [-0.05, 0) is 39.0 Å². The van der Waals surface area contributed by atoms with E-state index in [1.54, 1.807) is 6.07 Å². The lowest BCUT2D eigenvalue weighted by atomic mass is 9.97. The van der Waals surface area contributed by atoms with Gasteiger partial charge < -0.3 is 5.32 Å². The molecule has 17 heavy (non-hydrogen) atoms. The summed E-state index contributed by atoms with van der Waals surface area (Å²) in [5.74, 6) is -2.03. The first-order chi connectivity index (χ1) is 8.15. The fourth-order valence-corrected chi connectivity index (χ4v) is 1.91. The van der Waals surface area contributed by atoms with E-state index in [0.29, 0.717) is 6.54 Å². The average Bonchev–Trinajstić information content (AvgIpc) is 2.30. The number of nitrogens with one attached hydrogen (secondary N) is 1. The molecule has 0 aromatic heterocycles. The van der Waals surface area contributed by atoms with Crippen LogP contribution in [-0.2, 0) is 9.59 Å². The maximum absolute atomic E-state index is 11.5. The third-order valence-corrected chi connectivity index (χ3v) is 2.93. The number of nitriles is 1. The third-order valence-electron chi connectivity index (χ3n) is 2.93. The molecule has 1 rings (SSSR count). The van der Waals surface area contributed by atoms with Gasteiger partial charge in [0.25, 0.3) is 0 Å². The van der Waals surface area contributed by atoms with E-state index in [1.807, 2.05) is 0 Å². The van der Waals surface area contributed by atoms with Gasteiger partial charge in [0.05, 0.1) is 6.07 Å². The molecule has 0 radical (unpaired) electrons. The van der Waals surface area contributed by atoms with Gasteiger partial charge in [0, 0.05) is 6.54 Å². The Morgan fingerprint density at radius 1 is 1.53 bits per heavy atom. The molecule has 1 aliphatic carbocycles. The first-order valence-corrected chi connectivity index (χ1v) is 6.01. The minimum absolute atomic E-state index is 0.401. The van der Waals surface area contributed by atoms with E-state index in [-0.39, 0.29) is 0 Å². The SMILES string of the molecule is CC(=O)C(C#N)C(=O)NCCC1=CCCCC1. The molecule has 0 aromatic rings. The molecule has 1 N–H and O–H groups in total. The van der Waals surface area contributed by atoms with Gasteiger partial charge in [-0.2, -0.15) is 5.26 Å². The molecule has 0 heterocycles. The van der Waals surface area contributed by atoms with Crippen LogP contribution in [0.4, 0.5) is 0 Å². The van der Waals surface area contributed by atoms with E-state index >= 15 is 0 Å². The Hall–Kier alpha value is -1.63. The maximum Gasteiger partial charge on any atom is 0.244 e. The van der Waals surface area contributed by atoms with E-state index < -0.39 is 17.6 Å². The summed E-state index contributed by atoms with van der Waals surface area (Å²) in [5, 5.41) is 11.3. The van der Waals surface area contributed by atoms with Crippen LogP contribution in [0.2, 0.25) is 0 Å². The first-order valence-electron chi connectivity index (χ1n) is 6.01. The molecule has 0 bridgehead atoms. The number of Topliss-reactive ketones (excluding diaryl/α,β-unsaturated/α-hetero) is 1. The first kappa shape index (κ1) is 13.4. The molecule has 92 valence electrons. The summed E-state index contributed by atoms with van der Waals surface area (Å²) >= 11 is 0. The minimum atomic E-state index is -1.16. The van der Waals surface area contributed by atoms with E-state index in [0.717, 1.165) is 19.3 Å². The van der Waals surface area contributed by atoms with Gasteiger partial charge in [0.15, 0.2) is 11.7 Å². The van der Waals surface area contributed by atoms with Crippen LogP contribution in [0.5, 0.6) is 0 Å². The number of amides is 1. The lowest BCUT2D eigenvalue weighted by molar-refractivity contribution is -0.130. The van der Waals surface area contributed by atoms with Gasteiger partial charge in [-0.25, -0.2) is 0 Å². The molecule has 4 heteroatoms. The Morgan fingerprint density at radius 2 is 2.29 bits per heavy atom. The van der Waals surface area contributed by atoms with Crippen molar-refractivity contribution in [2.75, 3.05) is 6.54 Å². The summed E-state index contributed by atoms with van der Waals surface area (Å²) in [6.07, 6.45) is 7.73. The molecule has 1 unspecified atom stereocenters. The number of allylic oxidation sites excluding steroid dienone is 1. The van der Waals surface area contributed by atoms with Crippen molar-refractivity contribution in [1.82, 2.24) is 5.32 Å². The van der Waals surface area contributed by atoms with Crippen LogP contribution in [0.25, 0.3) is 0 Å². The van der Waals surface area contributed by atoms with Gasteiger partial charge in [-0.15, -0.1) is 0 Å². The molecule has 1 atom stereocenters. The molecule has 0 spiro atoms. The van der Waals surface area contributed by atoms with Crippen molar-refractivity contribution in [3.63, 3.8) is 0 Å². The monoisotopic (exact) mass is 234 g/mol. The van der Waals surface area contributed by atoms with Crippen molar-refractivity contribution in [3.05, 3.63) is 11.6 Å². The van der Waals surface area contributed by atoms with E-state index in [4.69, 9.17) is 5.26 Å². The number of hydrogen-bond acceptors (Lipinski definition) is 3. The smallest absolute Gasteiger partial charge is 0.244 e. The topological polar surface area (TPSA) is 70.0 Å². The Morgan fingerprint density at radius 3 is 2.82 bits per heavy atom. The van der Waals surface area contributed by atoms with Crippen LogP contribution >= 0.6 is 0 Å². The Labute approximate surface area is 102 Å². The average molecular weight is 234 g/mol. The minimum Gasteiger partial charge on any atom is -0.354 e. The molecule has 0 saturated heterocycles. The van der Waals surface area contributed by atoms with Crippen molar-refractivity contribution in [2.24, 2.45) is 5.92 Å². The van der Waals surface area contributed by atoms with Gasteiger partial charge in [-0.1, -0.05) is 11.6 Å². The van der Waals surface area contributed by atoms with Crippen LogP contribution in [0.15, 0.2) is 11.6 Å². The van der Waals surface area contributed by atoms with Crippen LogP contribution in [-0.4, -0.2) is 18.2 Å². The highest BCUT2D eigenvalue weighted by Gasteiger charge is 2.22. The summed E-state index contributed by atoms with van der Waals surface area (Å²) in [4.78, 5) is 22.5.